The van der Waals surface area contributed by atoms with Crippen LogP contribution < -0.4 is 5.32 Å². The third kappa shape index (κ3) is 5.52. The van der Waals surface area contributed by atoms with E-state index in [0.29, 0.717) is 25.8 Å². The maximum absolute atomic E-state index is 9.94. The molecule has 20 heavy (non-hydrogen) atoms. The second-order valence-corrected chi connectivity index (χ2v) is 6.88. The predicted molar refractivity (Wildman–Crippen MR) is 84.0 cm³/mol. The van der Waals surface area contributed by atoms with Crippen LogP contribution in [0.3, 0.4) is 0 Å². The van der Waals surface area contributed by atoms with Crippen molar-refractivity contribution in [3.8, 4) is 0 Å². The Morgan fingerprint density at radius 1 is 1.40 bits per heavy atom. The van der Waals surface area contributed by atoms with E-state index < -0.39 is 6.10 Å². The summed E-state index contributed by atoms with van der Waals surface area (Å²) in [7, 11) is 0. The lowest BCUT2D eigenvalue weighted by molar-refractivity contribution is 0.0275. The molecule has 0 spiro atoms. The second-order valence-electron chi connectivity index (χ2n) is 5.84. The van der Waals surface area contributed by atoms with Crippen molar-refractivity contribution < 1.29 is 9.84 Å². The zero-order chi connectivity index (χ0) is 14.2. The highest BCUT2D eigenvalue weighted by molar-refractivity contribution is 7.09. The molecule has 0 amide bonds. The molecule has 0 bridgehead atoms. The Hall–Kier alpha value is -0.420. The van der Waals surface area contributed by atoms with E-state index in [2.05, 4.69) is 18.3 Å². The molecule has 1 aromatic heterocycles. The summed E-state index contributed by atoms with van der Waals surface area (Å²) in [6.45, 7) is 3.88. The Kier molecular flexibility index (Phi) is 7.00. The van der Waals surface area contributed by atoms with Gasteiger partial charge in [-0.25, -0.2) is 0 Å². The van der Waals surface area contributed by atoms with E-state index in [9.17, 15) is 5.11 Å². The molecule has 4 heteroatoms. The molecule has 1 aliphatic carbocycles. The summed E-state index contributed by atoms with van der Waals surface area (Å²) in [6, 6.07) is 4.58. The zero-order valence-electron chi connectivity index (χ0n) is 12.4. The number of aliphatic hydroxyl groups is 1. The van der Waals surface area contributed by atoms with E-state index in [-0.39, 0.29) is 0 Å². The summed E-state index contributed by atoms with van der Waals surface area (Å²) in [5, 5.41) is 15.5. The van der Waals surface area contributed by atoms with E-state index in [0.717, 1.165) is 5.92 Å². The second kappa shape index (κ2) is 8.78. The van der Waals surface area contributed by atoms with E-state index in [1.165, 1.54) is 37.0 Å². The fourth-order valence-corrected chi connectivity index (χ4v) is 3.51. The highest BCUT2D eigenvalue weighted by Crippen LogP contribution is 2.26. The van der Waals surface area contributed by atoms with Crippen LogP contribution >= 0.6 is 11.3 Å². The maximum atomic E-state index is 9.94. The first-order chi connectivity index (χ1) is 9.75. The van der Waals surface area contributed by atoms with Crippen LogP contribution in [0, 0.1) is 5.92 Å². The molecule has 0 radical (unpaired) electrons. The van der Waals surface area contributed by atoms with Crippen molar-refractivity contribution in [3.05, 3.63) is 22.4 Å². The van der Waals surface area contributed by atoms with E-state index in [4.69, 9.17) is 4.74 Å². The van der Waals surface area contributed by atoms with Gasteiger partial charge in [-0.05, 0) is 37.1 Å². The summed E-state index contributed by atoms with van der Waals surface area (Å²) >= 11 is 1.69. The van der Waals surface area contributed by atoms with Crippen molar-refractivity contribution >= 4 is 11.3 Å². The first-order valence-corrected chi connectivity index (χ1v) is 8.65. The van der Waals surface area contributed by atoms with Crippen molar-refractivity contribution in [2.24, 2.45) is 5.92 Å². The molecule has 1 unspecified atom stereocenters. The minimum atomic E-state index is -0.416. The minimum Gasteiger partial charge on any atom is -0.389 e. The molecule has 1 heterocycles. The largest absolute Gasteiger partial charge is 0.389 e. The molecule has 0 aliphatic heterocycles. The van der Waals surface area contributed by atoms with Crippen LogP contribution in [-0.4, -0.2) is 30.4 Å². The summed E-state index contributed by atoms with van der Waals surface area (Å²) in [5.41, 5.74) is 0. The third-order valence-corrected chi connectivity index (χ3v) is 5.02. The smallest absolute Gasteiger partial charge is 0.0897 e. The Morgan fingerprint density at radius 3 is 2.90 bits per heavy atom. The van der Waals surface area contributed by atoms with Crippen LogP contribution in [-0.2, 0) is 11.3 Å². The first kappa shape index (κ1) is 16.0. The Bertz CT molecular complexity index is 349. The Morgan fingerprint density at radius 2 is 2.20 bits per heavy atom. The monoisotopic (exact) mass is 297 g/mol. The molecule has 1 aliphatic rings. The third-order valence-electron chi connectivity index (χ3n) is 4.17. The Balaban J connectivity index is 1.55. The minimum absolute atomic E-state index is 0.405. The molecule has 2 N–H and O–H groups in total. The van der Waals surface area contributed by atoms with Gasteiger partial charge in [-0.2, -0.15) is 0 Å². The highest BCUT2D eigenvalue weighted by Gasteiger charge is 2.20. The van der Waals surface area contributed by atoms with Crippen LogP contribution in [0.2, 0.25) is 0 Å². The van der Waals surface area contributed by atoms with Gasteiger partial charge in [0.15, 0.2) is 0 Å². The number of ether oxygens (including phenoxy) is 1. The zero-order valence-corrected chi connectivity index (χ0v) is 13.2. The highest BCUT2D eigenvalue weighted by atomic mass is 32.1. The molecule has 1 saturated carbocycles. The van der Waals surface area contributed by atoms with E-state index >= 15 is 0 Å². The summed E-state index contributed by atoms with van der Waals surface area (Å²) in [5.74, 6) is 0.781. The first-order valence-electron chi connectivity index (χ1n) is 7.77. The summed E-state index contributed by atoms with van der Waals surface area (Å²) < 4.78 is 5.54. The lowest BCUT2D eigenvalue weighted by Gasteiger charge is -2.29. The van der Waals surface area contributed by atoms with Gasteiger partial charge >= 0.3 is 0 Å². The van der Waals surface area contributed by atoms with Gasteiger partial charge in [0.05, 0.1) is 19.3 Å². The summed E-state index contributed by atoms with van der Waals surface area (Å²) in [6.07, 6.45) is 6.37. The summed E-state index contributed by atoms with van der Waals surface area (Å²) in [4.78, 5) is 1.21. The number of nitrogens with one attached hydrogen (secondary N) is 1. The standard InChI is InChI=1S/C16H27NO2S/c1-13(14-6-3-2-4-7-14)17-10-15(18)11-19-12-16-8-5-9-20-16/h5,8-9,13-15,17-18H,2-4,6-7,10-12H2,1H3/t13-,15?/m0/s1. The molecular weight excluding hydrogens is 270 g/mol. The van der Waals surface area contributed by atoms with Gasteiger partial charge < -0.3 is 15.2 Å². The van der Waals surface area contributed by atoms with Crippen molar-refractivity contribution in [1.82, 2.24) is 5.32 Å². The number of aliphatic hydroxyl groups excluding tert-OH is 1. The van der Waals surface area contributed by atoms with Gasteiger partial charge in [-0.1, -0.05) is 25.3 Å². The molecule has 3 nitrogen and oxygen atoms in total. The van der Waals surface area contributed by atoms with Gasteiger partial charge in [0.2, 0.25) is 0 Å². The average Bonchev–Trinajstić information content (AvgIpc) is 2.99. The lowest BCUT2D eigenvalue weighted by atomic mass is 9.84. The fraction of sp³-hybridized carbons (Fsp3) is 0.750. The van der Waals surface area contributed by atoms with Crippen LogP contribution in [0.5, 0.6) is 0 Å². The van der Waals surface area contributed by atoms with Gasteiger partial charge in [0.1, 0.15) is 0 Å². The molecule has 0 saturated heterocycles. The van der Waals surface area contributed by atoms with Gasteiger partial charge in [-0.3, -0.25) is 0 Å². The molecule has 114 valence electrons. The maximum Gasteiger partial charge on any atom is 0.0897 e. The lowest BCUT2D eigenvalue weighted by Crippen LogP contribution is -2.40. The van der Waals surface area contributed by atoms with Gasteiger partial charge in [0, 0.05) is 17.5 Å². The molecule has 0 aromatic carbocycles. The number of hydrogen-bond acceptors (Lipinski definition) is 4. The molecule has 1 aromatic rings. The SMILES string of the molecule is C[C@H](NCC(O)COCc1cccs1)C1CCCCC1. The average molecular weight is 297 g/mol. The normalized spacial score (nSPS) is 19.9. The molecule has 2 atom stereocenters. The van der Waals surface area contributed by atoms with Crippen LogP contribution in [0.1, 0.15) is 43.9 Å². The topological polar surface area (TPSA) is 41.5 Å². The van der Waals surface area contributed by atoms with Crippen molar-refractivity contribution in [2.75, 3.05) is 13.2 Å². The molecule has 1 fully saturated rings. The van der Waals surface area contributed by atoms with Crippen molar-refractivity contribution in [2.45, 2.75) is 57.8 Å². The quantitative estimate of drug-likeness (QED) is 0.774. The van der Waals surface area contributed by atoms with E-state index in [1.54, 1.807) is 11.3 Å². The van der Waals surface area contributed by atoms with Gasteiger partial charge in [-0.15, -0.1) is 11.3 Å². The van der Waals surface area contributed by atoms with Crippen LogP contribution in [0.4, 0.5) is 0 Å². The van der Waals surface area contributed by atoms with E-state index in [1.807, 2.05) is 11.4 Å². The molecular formula is C16H27NO2S. The number of rotatable bonds is 8. The van der Waals surface area contributed by atoms with Crippen molar-refractivity contribution in [3.63, 3.8) is 0 Å². The number of thiophene rings is 1. The number of hydrogen-bond donors (Lipinski definition) is 2. The molecule has 2 rings (SSSR count). The van der Waals surface area contributed by atoms with Gasteiger partial charge in [0.25, 0.3) is 0 Å². The van der Waals surface area contributed by atoms with Crippen molar-refractivity contribution in [1.29, 1.82) is 0 Å². The van der Waals surface area contributed by atoms with Crippen LogP contribution in [0.15, 0.2) is 17.5 Å². The fourth-order valence-electron chi connectivity index (χ4n) is 2.87. The van der Waals surface area contributed by atoms with Crippen LogP contribution in [0.25, 0.3) is 0 Å². The predicted octanol–water partition coefficient (Wildman–Crippen LogP) is 3.18. The Labute approximate surface area is 126 Å².